The van der Waals surface area contributed by atoms with Crippen LogP contribution in [0.3, 0.4) is 0 Å². The van der Waals surface area contributed by atoms with Crippen LogP contribution in [0.15, 0.2) is 12.2 Å². The summed E-state index contributed by atoms with van der Waals surface area (Å²) < 4.78 is 9.35. The van der Waals surface area contributed by atoms with Crippen LogP contribution in [0.25, 0.3) is 0 Å². The second-order valence-corrected chi connectivity index (χ2v) is 3.69. The second kappa shape index (κ2) is 4.04. The van der Waals surface area contributed by atoms with E-state index in [1.807, 2.05) is 26.0 Å². The van der Waals surface area contributed by atoms with E-state index in [1.54, 1.807) is 0 Å². The first kappa shape index (κ1) is 11.8. The number of ether oxygens (including phenoxy) is 2. The predicted molar refractivity (Wildman–Crippen MR) is 53.9 cm³/mol. The fourth-order valence-electron chi connectivity index (χ4n) is 2.19. The Morgan fingerprint density at radius 2 is 1.67 bits per heavy atom. The van der Waals surface area contributed by atoms with Gasteiger partial charge in [-0.05, 0) is 12.8 Å². The Morgan fingerprint density at radius 3 is 2.00 bits per heavy atom. The van der Waals surface area contributed by atoms with Crippen LogP contribution in [0, 0.1) is 17.3 Å². The lowest BCUT2D eigenvalue weighted by Gasteiger charge is -2.11. The minimum absolute atomic E-state index is 0.0615. The average Bonchev–Trinajstić information content (AvgIpc) is 2.83. The zero-order valence-corrected chi connectivity index (χ0v) is 9.44. The van der Waals surface area contributed by atoms with Gasteiger partial charge in [0, 0.05) is 5.92 Å². The number of carbonyl (C=O) groups excluding carboxylic acids is 2. The average molecular weight is 212 g/mol. The van der Waals surface area contributed by atoms with Crippen molar-refractivity contribution in [3.63, 3.8) is 0 Å². The Morgan fingerprint density at radius 1 is 1.20 bits per heavy atom. The van der Waals surface area contributed by atoms with Crippen molar-refractivity contribution in [3.8, 4) is 0 Å². The third-order valence-electron chi connectivity index (χ3n) is 3.12. The molecule has 0 heterocycles. The molecule has 0 N–H and O–H groups in total. The van der Waals surface area contributed by atoms with Crippen LogP contribution in [0.5, 0.6) is 0 Å². The normalized spacial score (nSPS) is 27.5. The number of methoxy groups -OCH3 is 2. The maximum absolute atomic E-state index is 11.6. The summed E-state index contributed by atoms with van der Waals surface area (Å²) in [6.45, 7) is 3.70. The standard InChI is InChI=1S/C11H16O4/c1-5-6-8-7(2)11(8,9(12)14-3)10(13)15-4/h5-8H,1-4H3/b6-5-/t7-,8-/m1/s1. The molecular formula is C11H16O4. The summed E-state index contributed by atoms with van der Waals surface area (Å²) in [6.07, 6.45) is 3.67. The molecule has 0 amide bonds. The van der Waals surface area contributed by atoms with Gasteiger partial charge in [-0.3, -0.25) is 9.59 Å². The van der Waals surface area contributed by atoms with Gasteiger partial charge >= 0.3 is 11.9 Å². The molecule has 4 nitrogen and oxygen atoms in total. The molecule has 1 fully saturated rings. The zero-order valence-electron chi connectivity index (χ0n) is 9.44. The topological polar surface area (TPSA) is 52.6 Å². The molecule has 0 aromatic carbocycles. The third kappa shape index (κ3) is 1.44. The molecule has 1 saturated carbocycles. The molecule has 0 aromatic heterocycles. The molecule has 0 unspecified atom stereocenters. The van der Waals surface area contributed by atoms with E-state index < -0.39 is 17.4 Å². The highest BCUT2D eigenvalue weighted by Crippen LogP contribution is 2.60. The van der Waals surface area contributed by atoms with E-state index in [2.05, 4.69) is 9.47 Å². The summed E-state index contributed by atoms with van der Waals surface area (Å²) in [6, 6.07) is 0. The van der Waals surface area contributed by atoms with Crippen molar-refractivity contribution in [3.05, 3.63) is 12.2 Å². The van der Waals surface area contributed by atoms with Gasteiger partial charge in [0.05, 0.1) is 14.2 Å². The van der Waals surface area contributed by atoms with Gasteiger partial charge in [-0.25, -0.2) is 0 Å². The van der Waals surface area contributed by atoms with Gasteiger partial charge in [-0.15, -0.1) is 0 Å². The SMILES string of the molecule is C/C=C\[C@@H]1[C@@H](C)C1(C(=O)OC)C(=O)OC. The molecule has 0 radical (unpaired) electrons. The molecule has 84 valence electrons. The Hall–Kier alpha value is -1.32. The largest absolute Gasteiger partial charge is 0.468 e. The van der Waals surface area contributed by atoms with Gasteiger partial charge in [0.25, 0.3) is 0 Å². The Labute approximate surface area is 89.2 Å². The van der Waals surface area contributed by atoms with Crippen LogP contribution in [-0.4, -0.2) is 26.2 Å². The molecule has 1 rings (SSSR count). The van der Waals surface area contributed by atoms with Crippen molar-refractivity contribution in [1.82, 2.24) is 0 Å². The van der Waals surface area contributed by atoms with Crippen molar-refractivity contribution in [2.24, 2.45) is 17.3 Å². The highest BCUT2D eigenvalue weighted by atomic mass is 16.5. The highest BCUT2D eigenvalue weighted by Gasteiger charge is 2.73. The van der Waals surface area contributed by atoms with E-state index in [0.29, 0.717) is 0 Å². The minimum Gasteiger partial charge on any atom is -0.468 e. The summed E-state index contributed by atoms with van der Waals surface area (Å²) >= 11 is 0. The Bertz CT molecular complexity index is 290. The van der Waals surface area contributed by atoms with E-state index in [4.69, 9.17) is 0 Å². The number of esters is 2. The third-order valence-corrected chi connectivity index (χ3v) is 3.12. The first-order chi connectivity index (χ1) is 7.07. The second-order valence-electron chi connectivity index (χ2n) is 3.69. The van der Waals surface area contributed by atoms with Crippen LogP contribution in [0.1, 0.15) is 13.8 Å². The van der Waals surface area contributed by atoms with Crippen molar-refractivity contribution in [2.45, 2.75) is 13.8 Å². The molecule has 0 bridgehead atoms. The van der Waals surface area contributed by atoms with E-state index in [0.717, 1.165) is 0 Å². The summed E-state index contributed by atoms with van der Waals surface area (Å²) in [5.74, 6) is -1.19. The molecule has 0 aromatic rings. The van der Waals surface area contributed by atoms with Gasteiger partial charge in [0.1, 0.15) is 0 Å². The van der Waals surface area contributed by atoms with Crippen LogP contribution in [0.4, 0.5) is 0 Å². The van der Waals surface area contributed by atoms with E-state index >= 15 is 0 Å². The van der Waals surface area contributed by atoms with Crippen LogP contribution in [-0.2, 0) is 19.1 Å². The van der Waals surface area contributed by atoms with Crippen LogP contribution >= 0.6 is 0 Å². The van der Waals surface area contributed by atoms with Crippen molar-refractivity contribution >= 4 is 11.9 Å². The van der Waals surface area contributed by atoms with E-state index in [-0.39, 0.29) is 11.8 Å². The number of hydrogen-bond donors (Lipinski definition) is 0. The molecule has 1 aliphatic rings. The fraction of sp³-hybridized carbons (Fsp3) is 0.636. The number of allylic oxidation sites excluding steroid dienone is 2. The molecule has 0 spiro atoms. The first-order valence-electron chi connectivity index (χ1n) is 4.87. The molecular weight excluding hydrogens is 196 g/mol. The monoisotopic (exact) mass is 212 g/mol. The summed E-state index contributed by atoms with van der Waals surface area (Å²) in [7, 11) is 2.57. The Balaban J connectivity index is 3.02. The first-order valence-corrected chi connectivity index (χ1v) is 4.87. The predicted octanol–water partition coefficient (Wildman–Crippen LogP) is 1.16. The molecule has 2 atom stereocenters. The lowest BCUT2D eigenvalue weighted by molar-refractivity contribution is -0.162. The molecule has 0 aliphatic heterocycles. The number of carbonyl (C=O) groups is 2. The minimum atomic E-state index is -1.12. The maximum atomic E-state index is 11.6. The highest BCUT2D eigenvalue weighted by molar-refractivity contribution is 6.04. The lowest BCUT2D eigenvalue weighted by atomic mass is 10.0. The van der Waals surface area contributed by atoms with Gasteiger partial charge in [-0.1, -0.05) is 19.1 Å². The molecule has 1 aliphatic carbocycles. The zero-order chi connectivity index (χ0) is 11.6. The number of hydrogen-bond acceptors (Lipinski definition) is 4. The fourth-order valence-corrected chi connectivity index (χ4v) is 2.19. The quantitative estimate of drug-likeness (QED) is 0.400. The van der Waals surface area contributed by atoms with E-state index in [1.165, 1.54) is 14.2 Å². The number of rotatable bonds is 3. The molecule has 0 saturated heterocycles. The molecule has 4 heteroatoms. The summed E-state index contributed by atoms with van der Waals surface area (Å²) in [4.78, 5) is 23.3. The summed E-state index contributed by atoms with van der Waals surface area (Å²) in [5.41, 5.74) is -1.12. The van der Waals surface area contributed by atoms with E-state index in [9.17, 15) is 9.59 Å². The van der Waals surface area contributed by atoms with Gasteiger partial charge in [0.15, 0.2) is 5.41 Å². The smallest absolute Gasteiger partial charge is 0.324 e. The van der Waals surface area contributed by atoms with Crippen molar-refractivity contribution in [1.29, 1.82) is 0 Å². The van der Waals surface area contributed by atoms with Crippen LogP contribution in [0.2, 0.25) is 0 Å². The molecule has 15 heavy (non-hydrogen) atoms. The van der Waals surface area contributed by atoms with Crippen molar-refractivity contribution < 1.29 is 19.1 Å². The summed E-state index contributed by atoms with van der Waals surface area (Å²) in [5, 5.41) is 0. The van der Waals surface area contributed by atoms with Crippen LogP contribution < -0.4 is 0 Å². The Kier molecular flexibility index (Phi) is 3.17. The van der Waals surface area contributed by atoms with Gasteiger partial charge in [-0.2, -0.15) is 0 Å². The lowest BCUT2D eigenvalue weighted by Crippen LogP contribution is -2.31. The van der Waals surface area contributed by atoms with Crippen molar-refractivity contribution in [2.75, 3.05) is 14.2 Å². The van der Waals surface area contributed by atoms with Gasteiger partial charge in [0.2, 0.25) is 0 Å². The van der Waals surface area contributed by atoms with Gasteiger partial charge < -0.3 is 9.47 Å². The maximum Gasteiger partial charge on any atom is 0.324 e.